The normalized spacial score (nSPS) is 5.68. The van der Waals surface area contributed by atoms with Crippen molar-refractivity contribution in [3.8, 4) is 0 Å². The van der Waals surface area contributed by atoms with Gasteiger partial charge >= 0.3 is 125 Å². The van der Waals surface area contributed by atoms with Gasteiger partial charge in [-0.1, -0.05) is 0 Å². The molecule has 12 nitrogen and oxygen atoms in total. The molecule has 0 spiro atoms. The summed E-state index contributed by atoms with van der Waals surface area (Å²) < 4.78 is 0. The van der Waals surface area contributed by atoms with Gasteiger partial charge in [0, 0.05) is 0 Å². The second kappa shape index (κ2) is 37.8. The summed E-state index contributed by atoms with van der Waals surface area (Å²) in [6.45, 7) is 0. The maximum Gasteiger partial charge on any atom is 4.00 e. The Hall–Kier alpha value is 3.91. The van der Waals surface area contributed by atoms with E-state index in [4.69, 9.17) is 60.3 Å². The van der Waals surface area contributed by atoms with Gasteiger partial charge in [-0.05, 0) is 0 Å². The fourth-order valence-corrected chi connectivity index (χ4v) is 0. The van der Waals surface area contributed by atoms with Gasteiger partial charge in [-0.3, -0.25) is 29.3 Å². The molecular formula is B4Ce3O12. The molecule has 0 radical (unpaired) electrons. The second-order valence-electron chi connectivity index (χ2n) is 1.15. The number of hydrogen-bond donors (Lipinski definition) is 0. The molecule has 19 heavy (non-hydrogen) atoms. The van der Waals surface area contributed by atoms with Crippen LogP contribution < -0.4 is 60.3 Å². The molecule has 0 amide bonds. The van der Waals surface area contributed by atoms with Crippen LogP contribution in [0.2, 0.25) is 0 Å². The molecule has 0 saturated heterocycles. The molecule has 19 heteroatoms. The molecule has 0 aromatic heterocycles. The summed E-state index contributed by atoms with van der Waals surface area (Å²) in [4.78, 5) is 0. The summed E-state index contributed by atoms with van der Waals surface area (Å²) in [5.74, 6) is 0. The average Bonchev–Trinajstić information content (AvgIpc) is 1.76. The smallest absolute Gasteiger partial charge is 0.907 e. The molecule has 0 heterocycles. The maximum atomic E-state index is 8.42. The van der Waals surface area contributed by atoms with E-state index < -0.39 is 29.3 Å². The maximum absolute atomic E-state index is 8.42. The molecule has 0 aliphatic carbocycles. The average molecular weight is 656 g/mol. The molecule has 96 valence electrons. The van der Waals surface area contributed by atoms with Crippen molar-refractivity contribution < 1.29 is 186 Å². The summed E-state index contributed by atoms with van der Waals surface area (Å²) >= 11 is 0. The van der Waals surface area contributed by atoms with Crippen molar-refractivity contribution >= 4 is 29.3 Å². The summed E-state index contributed by atoms with van der Waals surface area (Å²) in [6.07, 6.45) is 0. The quantitative estimate of drug-likeness (QED) is 0.220. The van der Waals surface area contributed by atoms with Crippen LogP contribution >= 0.6 is 0 Å². The fourth-order valence-electron chi connectivity index (χ4n) is 0. The third kappa shape index (κ3) is 568. The van der Waals surface area contributed by atoms with Crippen LogP contribution in [0, 0.1) is 125 Å². The molecule has 0 aromatic rings. The minimum absolute atomic E-state index is 0. The Morgan fingerprint density at radius 3 is 0.263 bits per heavy atom. The van der Waals surface area contributed by atoms with Crippen molar-refractivity contribution in [2.75, 3.05) is 0 Å². The molecule has 0 saturated carbocycles. The van der Waals surface area contributed by atoms with Gasteiger partial charge in [-0.25, -0.2) is 0 Å². The van der Waals surface area contributed by atoms with E-state index in [1.54, 1.807) is 0 Å². The minimum atomic E-state index is -2.92. The van der Waals surface area contributed by atoms with E-state index in [0.29, 0.717) is 0 Å². The van der Waals surface area contributed by atoms with E-state index >= 15 is 0 Å². The largest absolute Gasteiger partial charge is 4.00 e. The topological polar surface area (TPSA) is 277 Å². The minimum Gasteiger partial charge on any atom is -0.907 e. The SMILES string of the molecule is [Ce+4].[Ce+4].[Ce+4].[O-]B([O-])[O-].[O-]B([O-])[O-].[O-]B([O-])[O-].[O-]B([O-])[O-]. The Kier molecular flexibility index (Phi) is 86.5. The van der Waals surface area contributed by atoms with Gasteiger partial charge in [0.05, 0.1) is 0 Å². The Morgan fingerprint density at radius 1 is 0.263 bits per heavy atom. The molecule has 0 aromatic carbocycles. The molecule has 0 N–H and O–H groups in total. The predicted octanol–water partition coefficient (Wildman–Crippen LogP) is -15.8. The Bertz CT molecular complexity index is 68.0. The number of hydrogen-bond acceptors (Lipinski definition) is 12. The van der Waals surface area contributed by atoms with Crippen LogP contribution in [-0.2, 0) is 0 Å². The zero-order chi connectivity index (χ0) is 14.3. The van der Waals surface area contributed by atoms with Crippen LogP contribution in [0.1, 0.15) is 0 Å². The Labute approximate surface area is 210 Å². The number of rotatable bonds is 0. The van der Waals surface area contributed by atoms with Crippen LogP contribution in [0.25, 0.3) is 0 Å². The molecule has 0 aliphatic rings. The molecule has 0 rings (SSSR count). The zero-order valence-electron chi connectivity index (χ0n) is 8.71. The first kappa shape index (κ1) is 43.4. The van der Waals surface area contributed by atoms with Gasteiger partial charge in [-0.15, -0.1) is 0 Å². The summed E-state index contributed by atoms with van der Waals surface area (Å²) in [6, 6.07) is 0. The van der Waals surface area contributed by atoms with Crippen molar-refractivity contribution in [3.05, 3.63) is 0 Å². The van der Waals surface area contributed by atoms with Gasteiger partial charge in [-0.2, -0.15) is 0 Å². The van der Waals surface area contributed by atoms with Gasteiger partial charge in [0.15, 0.2) is 0 Å². The van der Waals surface area contributed by atoms with Crippen LogP contribution in [0.4, 0.5) is 0 Å². The van der Waals surface area contributed by atoms with Crippen LogP contribution in [0.5, 0.6) is 0 Å². The molecule has 0 fully saturated rings. The van der Waals surface area contributed by atoms with Gasteiger partial charge in [0.25, 0.3) is 0 Å². The Morgan fingerprint density at radius 2 is 0.263 bits per heavy atom. The first-order valence-electron chi connectivity index (χ1n) is 2.83. The van der Waals surface area contributed by atoms with Gasteiger partial charge in [0.1, 0.15) is 0 Å². The van der Waals surface area contributed by atoms with E-state index in [-0.39, 0.29) is 125 Å². The monoisotopic (exact) mass is 656 g/mol. The summed E-state index contributed by atoms with van der Waals surface area (Å²) in [5.41, 5.74) is 0. The van der Waals surface area contributed by atoms with Gasteiger partial charge < -0.3 is 60.3 Å². The van der Waals surface area contributed by atoms with E-state index in [1.807, 2.05) is 0 Å². The standard InChI is InChI=1S/4BO3.3Ce/c4*2-1(3)4;;;/q4*-3;3*+4. The second-order valence-corrected chi connectivity index (χ2v) is 1.15. The third-order valence-corrected chi connectivity index (χ3v) is 0. The van der Waals surface area contributed by atoms with Crippen LogP contribution in [0.3, 0.4) is 0 Å². The summed E-state index contributed by atoms with van der Waals surface area (Å²) in [5, 5.41) is 101. The van der Waals surface area contributed by atoms with E-state index in [2.05, 4.69) is 0 Å². The van der Waals surface area contributed by atoms with E-state index in [9.17, 15) is 0 Å². The van der Waals surface area contributed by atoms with Crippen LogP contribution in [-0.4, -0.2) is 29.3 Å². The zero-order valence-corrected chi connectivity index (χ0v) is 18.1. The van der Waals surface area contributed by atoms with Crippen molar-refractivity contribution in [1.29, 1.82) is 0 Å². The van der Waals surface area contributed by atoms with Gasteiger partial charge in [0.2, 0.25) is 0 Å². The van der Waals surface area contributed by atoms with Crippen LogP contribution in [0.15, 0.2) is 0 Å². The first-order chi connectivity index (χ1) is 6.93. The Balaban J connectivity index is -0.0000000192. The van der Waals surface area contributed by atoms with E-state index in [1.165, 1.54) is 0 Å². The molecule has 0 unspecified atom stereocenters. The summed E-state index contributed by atoms with van der Waals surface area (Å²) in [7, 11) is -11.7. The molecule has 0 aliphatic heterocycles. The molecular weight excluding hydrogens is 656 g/mol. The van der Waals surface area contributed by atoms with Crippen molar-refractivity contribution in [2.24, 2.45) is 0 Å². The van der Waals surface area contributed by atoms with Crippen molar-refractivity contribution in [1.82, 2.24) is 0 Å². The fraction of sp³-hybridized carbons (Fsp3) is 0. The third-order valence-electron chi connectivity index (χ3n) is 0. The molecule has 0 atom stereocenters. The van der Waals surface area contributed by atoms with E-state index in [0.717, 1.165) is 0 Å². The first-order valence-corrected chi connectivity index (χ1v) is 2.83. The predicted molar refractivity (Wildman–Crippen MR) is 23.0 cm³/mol. The van der Waals surface area contributed by atoms with Crippen molar-refractivity contribution in [2.45, 2.75) is 0 Å². The molecule has 0 bridgehead atoms. The van der Waals surface area contributed by atoms with Crippen molar-refractivity contribution in [3.63, 3.8) is 0 Å².